The molecule has 4 aromatic rings. The van der Waals surface area contributed by atoms with E-state index >= 15 is 0 Å². The van der Waals surface area contributed by atoms with Crippen LogP contribution >= 0.6 is 0 Å². The van der Waals surface area contributed by atoms with E-state index in [0.717, 1.165) is 39.7 Å². The minimum Gasteiger partial charge on any atom is -0.483 e. The molecule has 0 fully saturated rings. The summed E-state index contributed by atoms with van der Waals surface area (Å²) < 4.78 is 41.3. The smallest absolute Gasteiger partial charge is 0.422 e. The van der Waals surface area contributed by atoms with E-state index in [4.69, 9.17) is 0 Å². The third-order valence-corrected chi connectivity index (χ3v) is 4.67. The molecule has 0 amide bonds. The zero-order valence-corrected chi connectivity index (χ0v) is 15.9. The van der Waals surface area contributed by atoms with E-state index in [0.29, 0.717) is 6.42 Å². The molecule has 2 aromatic heterocycles. The molecule has 4 nitrogen and oxygen atoms in total. The molecule has 4 rings (SSSR count). The Bertz CT molecular complexity index is 1120. The molecular formula is C23H18F3N3O. The first-order valence-electron chi connectivity index (χ1n) is 9.40. The summed E-state index contributed by atoms with van der Waals surface area (Å²) in [5.41, 5.74) is 4.99. The van der Waals surface area contributed by atoms with Crippen LogP contribution in [-0.2, 0) is 12.8 Å². The monoisotopic (exact) mass is 409 g/mol. The molecule has 0 saturated carbocycles. The van der Waals surface area contributed by atoms with Gasteiger partial charge in [-0.2, -0.15) is 13.2 Å². The van der Waals surface area contributed by atoms with Crippen molar-refractivity contribution in [3.63, 3.8) is 0 Å². The van der Waals surface area contributed by atoms with E-state index in [1.807, 2.05) is 18.2 Å². The normalized spacial score (nSPS) is 11.6. The Morgan fingerprint density at radius 1 is 0.833 bits per heavy atom. The summed E-state index contributed by atoms with van der Waals surface area (Å²) in [6, 6.07) is 17.5. The minimum atomic E-state index is -4.36. The zero-order valence-electron chi connectivity index (χ0n) is 15.9. The van der Waals surface area contributed by atoms with E-state index in [2.05, 4.69) is 44.0 Å². The van der Waals surface area contributed by atoms with Gasteiger partial charge in [-0.15, -0.1) is 0 Å². The van der Waals surface area contributed by atoms with Gasteiger partial charge in [0.15, 0.2) is 6.61 Å². The lowest BCUT2D eigenvalue weighted by atomic mass is 10.00. The van der Waals surface area contributed by atoms with E-state index in [1.165, 1.54) is 12.3 Å². The van der Waals surface area contributed by atoms with Crippen LogP contribution in [0.2, 0.25) is 0 Å². The topological polar surface area (TPSA) is 47.9 Å². The summed E-state index contributed by atoms with van der Waals surface area (Å²) in [6.45, 7) is -1.32. The van der Waals surface area contributed by atoms with Crippen molar-refractivity contribution in [2.24, 2.45) is 0 Å². The van der Waals surface area contributed by atoms with Gasteiger partial charge in [0.25, 0.3) is 0 Å². The van der Waals surface area contributed by atoms with E-state index in [-0.39, 0.29) is 5.75 Å². The summed E-state index contributed by atoms with van der Waals surface area (Å²) in [5.74, 6) is 0.110. The Morgan fingerprint density at radius 3 is 2.40 bits per heavy atom. The highest BCUT2D eigenvalue weighted by Gasteiger charge is 2.28. The van der Waals surface area contributed by atoms with Crippen LogP contribution < -0.4 is 4.74 Å². The average molecular weight is 409 g/mol. The Hall–Kier alpha value is -3.48. The highest BCUT2D eigenvalue weighted by Crippen LogP contribution is 2.27. The van der Waals surface area contributed by atoms with Crippen molar-refractivity contribution in [2.45, 2.75) is 19.0 Å². The van der Waals surface area contributed by atoms with Crippen molar-refractivity contribution in [3.05, 3.63) is 84.6 Å². The fourth-order valence-corrected chi connectivity index (χ4v) is 3.18. The molecule has 0 aliphatic carbocycles. The first-order valence-corrected chi connectivity index (χ1v) is 9.40. The molecule has 0 bridgehead atoms. The fraction of sp³-hybridized carbons (Fsp3) is 0.174. The van der Waals surface area contributed by atoms with Crippen molar-refractivity contribution in [3.8, 4) is 16.9 Å². The molecule has 152 valence electrons. The van der Waals surface area contributed by atoms with Crippen molar-refractivity contribution in [1.82, 2.24) is 15.0 Å². The van der Waals surface area contributed by atoms with Crippen LogP contribution in [0.5, 0.6) is 5.75 Å². The number of hydrogen-bond acceptors (Lipinski definition) is 4. The Balaban J connectivity index is 1.39. The number of para-hydroxylation sites is 1. The van der Waals surface area contributed by atoms with Gasteiger partial charge in [0, 0.05) is 22.8 Å². The molecule has 7 heteroatoms. The van der Waals surface area contributed by atoms with Crippen molar-refractivity contribution in [2.75, 3.05) is 6.61 Å². The molecule has 0 atom stereocenters. The first kappa shape index (κ1) is 19.8. The summed E-state index contributed by atoms with van der Waals surface area (Å²) >= 11 is 0. The number of aryl methyl sites for hydroxylation is 2. The zero-order chi connectivity index (χ0) is 21.0. The van der Waals surface area contributed by atoms with Crippen LogP contribution in [0.1, 0.15) is 11.3 Å². The van der Waals surface area contributed by atoms with Crippen LogP contribution in [0.15, 0.2) is 73.3 Å². The first-order chi connectivity index (χ1) is 14.5. The van der Waals surface area contributed by atoms with Gasteiger partial charge in [-0.1, -0.05) is 42.5 Å². The third kappa shape index (κ3) is 4.92. The van der Waals surface area contributed by atoms with Crippen molar-refractivity contribution >= 4 is 10.9 Å². The van der Waals surface area contributed by atoms with Crippen molar-refractivity contribution < 1.29 is 17.9 Å². The second kappa shape index (κ2) is 8.49. The largest absolute Gasteiger partial charge is 0.483 e. The standard InChI is InChI=1S/C23H18F3N3O/c24-23(25,26)14-30-20-11-10-19(28-13-20)9-6-16-4-7-17(8-5-16)21-3-1-2-18-12-27-15-29-22(18)21/h1-5,7-8,10-13,15H,6,9,14H2. The summed E-state index contributed by atoms with van der Waals surface area (Å²) in [4.78, 5) is 12.7. The second-order valence-electron chi connectivity index (χ2n) is 6.85. The van der Waals surface area contributed by atoms with Gasteiger partial charge in [0.1, 0.15) is 12.1 Å². The van der Waals surface area contributed by atoms with Gasteiger partial charge in [-0.3, -0.25) is 4.98 Å². The fourth-order valence-electron chi connectivity index (χ4n) is 3.18. The number of benzene rings is 2. The molecule has 2 heterocycles. The molecule has 0 radical (unpaired) electrons. The Labute approximate surface area is 171 Å². The lowest BCUT2D eigenvalue weighted by molar-refractivity contribution is -0.153. The van der Waals surface area contributed by atoms with Crippen LogP contribution in [0.25, 0.3) is 22.0 Å². The number of hydrogen-bond donors (Lipinski definition) is 0. The number of rotatable bonds is 6. The number of aromatic nitrogens is 3. The number of fused-ring (bicyclic) bond motifs is 1. The molecule has 0 aliphatic rings. The summed E-state index contributed by atoms with van der Waals surface area (Å²) in [7, 11) is 0. The highest BCUT2D eigenvalue weighted by molar-refractivity contribution is 5.92. The molecule has 0 N–H and O–H groups in total. The third-order valence-electron chi connectivity index (χ3n) is 4.67. The van der Waals surface area contributed by atoms with Gasteiger partial charge in [-0.05, 0) is 36.1 Å². The second-order valence-corrected chi connectivity index (χ2v) is 6.85. The van der Waals surface area contributed by atoms with Gasteiger partial charge in [0.2, 0.25) is 0 Å². The molecule has 0 unspecified atom stereocenters. The molecule has 2 aromatic carbocycles. The highest BCUT2D eigenvalue weighted by atomic mass is 19.4. The van der Waals surface area contributed by atoms with Crippen LogP contribution in [0, 0.1) is 0 Å². The lowest BCUT2D eigenvalue weighted by Gasteiger charge is -2.09. The molecule has 0 spiro atoms. The van der Waals surface area contributed by atoms with Crippen LogP contribution in [0.4, 0.5) is 13.2 Å². The van der Waals surface area contributed by atoms with Gasteiger partial charge < -0.3 is 4.74 Å². The number of pyridine rings is 1. The van der Waals surface area contributed by atoms with Gasteiger partial charge >= 0.3 is 6.18 Å². The van der Waals surface area contributed by atoms with Crippen molar-refractivity contribution in [1.29, 1.82) is 0 Å². The van der Waals surface area contributed by atoms with E-state index in [9.17, 15) is 13.2 Å². The summed E-state index contributed by atoms with van der Waals surface area (Å²) in [6.07, 6.45) is 1.77. The lowest BCUT2D eigenvalue weighted by Crippen LogP contribution is -2.19. The maximum atomic E-state index is 12.2. The maximum absolute atomic E-state index is 12.2. The molecule has 0 aliphatic heterocycles. The number of alkyl halides is 3. The molecule has 0 saturated heterocycles. The summed E-state index contributed by atoms with van der Waals surface area (Å²) in [5, 5.41) is 0.993. The van der Waals surface area contributed by atoms with E-state index in [1.54, 1.807) is 18.6 Å². The Kier molecular flexibility index (Phi) is 5.61. The average Bonchev–Trinajstić information content (AvgIpc) is 2.76. The van der Waals surface area contributed by atoms with Gasteiger partial charge in [0.05, 0.1) is 11.7 Å². The number of halogens is 3. The van der Waals surface area contributed by atoms with E-state index < -0.39 is 12.8 Å². The predicted octanol–water partition coefficient (Wildman–Crippen LogP) is 5.42. The number of nitrogens with zero attached hydrogens (tertiary/aromatic N) is 3. The van der Waals surface area contributed by atoms with Crippen LogP contribution in [0.3, 0.4) is 0 Å². The number of ether oxygens (including phenoxy) is 1. The quantitative estimate of drug-likeness (QED) is 0.427. The predicted molar refractivity (Wildman–Crippen MR) is 108 cm³/mol. The SMILES string of the molecule is FC(F)(F)COc1ccc(CCc2ccc(-c3cccc4cncnc34)cc2)nc1. The molecular weight excluding hydrogens is 391 g/mol. The molecule has 30 heavy (non-hydrogen) atoms. The Morgan fingerprint density at radius 2 is 1.67 bits per heavy atom. The van der Waals surface area contributed by atoms with Crippen LogP contribution in [-0.4, -0.2) is 27.7 Å². The maximum Gasteiger partial charge on any atom is 0.422 e. The van der Waals surface area contributed by atoms with Gasteiger partial charge in [-0.25, -0.2) is 9.97 Å². The minimum absolute atomic E-state index is 0.110.